The molecule has 0 spiro atoms. The maximum absolute atomic E-state index is 12.6. The molecule has 0 aliphatic carbocycles. The van der Waals surface area contributed by atoms with Gasteiger partial charge in [0.2, 0.25) is 5.91 Å². The SMILES string of the molecule is CCCCCCCCCCCCCCCCCCCCCC(=O)N[C@@H](COP(=O)(O)O)[C@H](O)CCCCCCCCCCCCCCCC. The van der Waals surface area contributed by atoms with Crippen LogP contribution in [0.15, 0.2) is 0 Å². The van der Waals surface area contributed by atoms with Gasteiger partial charge in [0.15, 0.2) is 0 Å². The van der Waals surface area contributed by atoms with Gasteiger partial charge in [0.25, 0.3) is 0 Å². The zero-order valence-corrected chi connectivity index (χ0v) is 33.5. The van der Waals surface area contributed by atoms with Crippen LogP contribution >= 0.6 is 7.82 Å². The van der Waals surface area contributed by atoms with Crippen molar-refractivity contribution in [1.29, 1.82) is 0 Å². The van der Waals surface area contributed by atoms with Crippen LogP contribution in [0.1, 0.15) is 239 Å². The lowest BCUT2D eigenvalue weighted by atomic mass is 10.0. The Morgan fingerprint density at radius 2 is 0.796 bits per heavy atom. The zero-order valence-electron chi connectivity index (χ0n) is 32.6. The molecule has 0 saturated carbocycles. The highest BCUT2D eigenvalue weighted by Crippen LogP contribution is 2.36. The summed E-state index contributed by atoms with van der Waals surface area (Å²) in [5, 5.41) is 13.5. The Labute approximate surface area is 304 Å². The molecular weight excluding hydrogens is 633 g/mol. The van der Waals surface area contributed by atoms with E-state index < -0.39 is 26.6 Å². The molecule has 2 atom stereocenters. The lowest BCUT2D eigenvalue weighted by Gasteiger charge is -2.24. The third kappa shape index (κ3) is 38.6. The highest BCUT2D eigenvalue weighted by atomic mass is 31.2. The van der Waals surface area contributed by atoms with Crippen LogP contribution in [0.4, 0.5) is 0 Å². The first-order valence-electron chi connectivity index (χ1n) is 21.5. The molecule has 0 rings (SSSR count). The fraction of sp³-hybridized carbons (Fsp3) is 0.976. The Hall–Kier alpha value is -0.460. The fourth-order valence-corrected chi connectivity index (χ4v) is 7.17. The van der Waals surface area contributed by atoms with Gasteiger partial charge in [-0.3, -0.25) is 9.32 Å². The number of hydrogen-bond acceptors (Lipinski definition) is 4. The van der Waals surface area contributed by atoms with Crippen molar-refractivity contribution in [3.63, 3.8) is 0 Å². The number of amides is 1. The second kappa shape index (κ2) is 37.3. The van der Waals surface area contributed by atoms with Gasteiger partial charge >= 0.3 is 7.82 Å². The monoisotopic (exact) mass is 718 g/mol. The molecule has 49 heavy (non-hydrogen) atoms. The molecule has 0 aromatic carbocycles. The molecule has 0 unspecified atom stereocenters. The number of aliphatic hydroxyl groups is 1. The number of phosphoric acid groups is 1. The molecule has 0 aromatic rings. The number of rotatable bonds is 40. The van der Waals surface area contributed by atoms with Crippen LogP contribution in [0, 0.1) is 0 Å². The average Bonchev–Trinajstić information content (AvgIpc) is 3.07. The molecule has 8 heteroatoms. The maximum atomic E-state index is 12.6. The van der Waals surface area contributed by atoms with Crippen molar-refractivity contribution in [2.75, 3.05) is 6.61 Å². The summed E-state index contributed by atoms with van der Waals surface area (Å²) in [4.78, 5) is 30.9. The highest BCUT2D eigenvalue weighted by molar-refractivity contribution is 7.46. The van der Waals surface area contributed by atoms with E-state index in [0.717, 1.165) is 38.5 Å². The van der Waals surface area contributed by atoms with Crippen LogP contribution in [0.5, 0.6) is 0 Å². The van der Waals surface area contributed by atoms with Gasteiger partial charge in [0.05, 0.1) is 18.8 Å². The second-order valence-electron chi connectivity index (χ2n) is 15.0. The van der Waals surface area contributed by atoms with Crippen LogP contribution in [0.25, 0.3) is 0 Å². The molecular formula is C41H84NO6P. The number of hydrogen-bond donors (Lipinski definition) is 4. The van der Waals surface area contributed by atoms with E-state index in [2.05, 4.69) is 23.7 Å². The number of nitrogens with one attached hydrogen (secondary N) is 1. The highest BCUT2D eigenvalue weighted by Gasteiger charge is 2.25. The second-order valence-corrected chi connectivity index (χ2v) is 16.3. The largest absolute Gasteiger partial charge is 0.469 e. The predicted molar refractivity (Wildman–Crippen MR) is 209 cm³/mol. The number of aliphatic hydroxyl groups excluding tert-OH is 1. The van der Waals surface area contributed by atoms with E-state index in [9.17, 15) is 14.5 Å². The van der Waals surface area contributed by atoms with Crippen LogP contribution in [0.2, 0.25) is 0 Å². The summed E-state index contributed by atoms with van der Waals surface area (Å²) in [6.07, 6.45) is 42.3. The minimum absolute atomic E-state index is 0.189. The van der Waals surface area contributed by atoms with E-state index in [1.165, 1.54) is 173 Å². The Morgan fingerprint density at radius 1 is 0.510 bits per heavy atom. The number of carbonyl (C=O) groups excluding carboxylic acids is 1. The molecule has 0 radical (unpaired) electrons. The van der Waals surface area contributed by atoms with Gasteiger partial charge in [0, 0.05) is 6.42 Å². The normalized spacial score (nSPS) is 13.2. The molecule has 4 N–H and O–H groups in total. The quantitative estimate of drug-likeness (QED) is 0.0370. The van der Waals surface area contributed by atoms with E-state index in [-0.39, 0.29) is 5.91 Å². The van der Waals surface area contributed by atoms with Crippen molar-refractivity contribution < 1.29 is 28.8 Å². The van der Waals surface area contributed by atoms with Gasteiger partial charge in [0.1, 0.15) is 0 Å². The summed E-state index contributed by atoms with van der Waals surface area (Å²) in [6.45, 7) is 4.14. The van der Waals surface area contributed by atoms with Gasteiger partial charge in [-0.05, 0) is 12.8 Å². The van der Waals surface area contributed by atoms with E-state index >= 15 is 0 Å². The van der Waals surface area contributed by atoms with Crippen LogP contribution in [0.3, 0.4) is 0 Å². The molecule has 294 valence electrons. The summed E-state index contributed by atoms with van der Waals surface area (Å²) >= 11 is 0. The van der Waals surface area contributed by atoms with Gasteiger partial charge in [-0.2, -0.15) is 0 Å². The van der Waals surface area contributed by atoms with Crippen molar-refractivity contribution in [2.24, 2.45) is 0 Å². The first-order chi connectivity index (χ1) is 23.8. The minimum Gasteiger partial charge on any atom is -0.391 e. The van der Waals surface area contributed by atoms with Gasteiger partial charge < -0.3 is 20.2 Å². The molecule has 0 aromatic heterocycles. The van der Waals surface area contributed by atoms with Gasteiger partial charge in [-0.25, -0.2) is 4.57 Å². The van der Waals surface area contributed by atoms with Gasteiger partial charge in [-0.15, -0.1) is 0 Å². The van der Waals surface area contributed by atoms with Crippen molar-refractivity contribution in [1.82, 2.24) is 5.32 Å². The molecule has 0 bridgehead atoms. The van der Waals surface area contributed by atoms with Gasteiger partial charge in [-0.1, -0.05) is 219 Å². The lowest BCUT2D eigenvalue weighted by Crippen LogP contribution is -2.46. The van der Waals surface area contributed by atoms with Crippen molar-refractivity contribution in [2.45, 2.75) is 251 Å². The smallest absolute Gasteiger partial charge is 0.391 e. The molecule has 0 aliphatic rings. The standard InChI is InChI=1S/C41H84NO6P/c1-3-5-7-9-11-13-15-17-19-20-21-22-23-25-27-29-31-33-35-37-41(44)42-39(38-48-49(45,46)47)40(43)36-34-32-30-28-26-24-18-16-14-12-10-8-6-4-2/h39-40,43H,3-38H2,1-2H3,(H,42,44)(H2,45,46,47)/t39-,40+/m0/s1. The van der Waals surface area contributed by atoms with E-state index in [1.54, 1.807) is 0 Å². The molecule has 7 nitrogen and oxygen atoms in total. The third-order valence-corrected chi connectivity index (χ3v) is 10.6. The van der Waals surface area contributed by atoms with Crippen LogP contribution < -0.4 is 5.32 Å². The number of unbranched alkanes of at least 4 members (excludes halogenated alkanes) is 31. The first-order valence-corrected chi connectivity index (χ1v) is 23.0. The fourth-order valence-electron chi connectivity index (χ4n) is 6.82. The third-order valence-electron chi connectivity index (χ3n) is 10.1. The van der Waals surface area contributed by atoms with E-state index in [0.29, 0.717) is 12.8 Å². The van der Waals surface area contributed by atoms with E-state index in [1.807, 2.05) is 0 Å². The number of carbonyl (C=O) groups is 1. The Bertz CT molecular complexity index is 733. The lowest BCUT2D eigenvalue weighted by molar-refractivity contribution is -0.123. The summed E-state index contributed by atoms with van der Waals surface area (Å²) in [5.41, 5.74) is 0. The van der Waals surface area contributed by atoms with Crippen LogP contribution in [-0.4, -0.2) is 39.6 Å². The predicted octanol–water partition coefficient (Wildman–Crippen LogP) is 12.6. The molecule has 0 heterocycles. The Balaban J connectivity index is 3.85. The van der Waals surface area contributed by atoms with Crippen LogP contribution in [-0.2, 0) is 13.9 Å². The molecule has 0 fully saturated rings. The average molecular weight is 718 g/mol. The topological polar surface area (TPSA) is 116 Å². The van der Waals surface area contributed by atoms with E-state index in [4.69, 9.17) is 9.79 Å². The minimum atomic E-state index is -4.68. The van der Waals surface area contributed by atoms with Crippen molar-refractivity contribution in [3.05, 3.63) is 0 Å². The van der Waals surface area contributed by atoms with Crippen molar-refractivity contribution in [3.8, 4) is 0 Å². The van der Waals surface area contributed by atoms with Crippen molar-refractivity contribution >= 4 is 13.7 Å². The summed E-state index contributed by atoms with van der Waals surface area (Å²) < 4.78 is 16.0. The molecule has 0 aliphatic heterocycles. The summed E-state index contributed by atoms with van der Waals surface area (Å²) in [7, 11) is -4.68. The Morgan fingerprint density at radius 3 is 1.10 bits per heavy atom. The number of phosphoric ester groups is 1. The molecule has 1 amide bonds. The summed E-state index contributed by atoms with van der Waals surface area (Å²) in [6, 6.07) is -0.817. The zero-order chi connectivity index (χ0) is 36.1. The summed E-state index contributed by atoms with van der Waals surface area (Å²) in [5.74, 6) is -0.189. The Kier molecular flexibility index (Phi) is 37.0. The maximum Gasteiger partial charge on any atom is 0.469 e. The first kappa shape index (κ1) is 48.5. The molecule has 0 saturated heterocycles.